The number of hydrogen-bond acceptors (Lipinski definition) is 2. The highest BCUT2D eigenvalue weighted by molar-refractivity contribution is 6.30. The lowest BCUT2D eigenvalue weighted by atomic mass is 10.1. The van der Waals surface area contributed by atoms with Crippen molar-refractivity contribution in [1.82, 2.24) is 9.38 Å². The summed E-state index contributed by atoms with van der Waals surface area (Å²) in [5.74, 6) is -0.0737. The smallest absolute Gasteiger partial charge is 0.230 e. The predicted molar refractivity (Wildman–Crippen MR) is 88.4 cm³/mol. The highest BCUT2D eigenvalue weighted by Crippen LogP contribution is 2.16. The molecule has 3 aromatic rings. The molecule has 0 bridgehead atoms. The van der Waals surface area contributed by atoms with Gasteiger partial charge in [-0.3, -0.25) is 4.79 Å². The Morgan fingerprint density at radius 3 is 2.86 bits per heavy atom. The number of para-hydroxylation sites is 1. The van der Waals surface area contributed by atoms with Crippen LogP contribution < -0.4 is 5.32 Å². The van der Waals surface area contributed by atoms with E-state index >= 15 is 0 Å². The van der Waals surface area contributed by atoms with E-state index in [1.807, 2.05) is 40.9 Å². The zero-order valence-corrected chi connectivity index (χ0v) is 13.0. The molecule has 0 saturated heterocycles. The maximum Gasteiger partial charge on any atom is 0.230 e. The highest BCUT2D eigenvalue weighted by Gasteiger charge is 2.09. The normalized spacial score (nSPS) is 10.8. The van der Waals surface area contributed by atoms with E-state index in [1.165, 1.54) is 0 Å². The van der Waals surface area contributed by atoms with Gasteiger partial charge in [0.05, 0.1) is 17.1 Å². The third-order valence-electron chi connectivity index (χ3n) is 3.48. The number of hydrogen-bond donors (Lipinski definition) is 1. The maximum absolute atomic E-state index is 12.2. The highest BCUT2D eigenvalue weighted by atomic mass is 35.5. The fraction of sp³-hybridized carbons (Fsp3) is 0.176. The number of aryl methyl sites for hydroxylation is 1. The summed E-state index contributed by atoms with van der Waals surface area (Å²) < 4.78 is 1.82. The van der Waals surface area contributed by atoms with Gasteiger partial charge < -0.3 is 9.72 Å². The van der Waals surface area contributed by atoms with Gasteiger partial charge in [-0.15, -0.1) is 0 Å². The Labute approximate surface area is 133 Å². The van der Waals surface area contributed by atoms with Gasteiger partial charge in [0, 0.05) is 18.1 Å². The summed E-state index contributed by atoms with van der Waals surface area (Å²) in [4.78, 5) is 16.6. The molecule has 0 aliphatic heterocycles. The van der Waals surface area contributed by atoms with Crippen molar-refractivity contribution in [3.8, 4) is 0 Å². The van der Waals surface area contributed by atoms with Crippen LogP contribution in [0.25, 0.3) is 5.65 Å². The molecule has 2 aromatic heterocycles. The minimum atomic E-state index is -0.0737. The summed E-state index contributed by atoms with van der Waals surface area (Å²) in [5.41, 5.74) is 3.48. The molecule has 112 valence electrons. The Hall–Kier alpha value is -2.33. The van der Waals surface area contributed by atoms with E-state index in [4.69, 9.17) is 11.6 Å². The topological polar surface area (TPSA) is 46.4 Å². The first-order valence-electron chi connectivity index (χ1n) is 7.16. The Morgan fingerprint density at radius 2 is 2.05 bits per heavy atom. The number of benzene rings is 1. The molecule has 1 N–H and O–H groups in total. The number of nitrogens with one attached hydrogen (secondary N) is 1. The van der Waals surface area contributed by atoms with Crippen molar-refractivity contribution in [3.63, 3.8) is 0 Å². The molecule has 22 heavy (non-hydrogen) atoms. The van der Waals surface area contributed by atoms with Gasteiger partial charge in [0.1, 0.15) is 5.65 Å². The molecule has 0 saturated carbocycles. The van der Waals surface area contributed by atoms with Gasteiger partial charge in [0.15, 0.2) is 0 Å². The van der Waals surface area contributed by atoms with Crippen molar-refractivity contribution in [2.45, 2.75) is 19.8 Å². The summed E-state index contributed by atoms with van der Waals surface area (Å²) in [6.07, 6.45) is 4.71. The van der Waals surface area contributed by atoms with Crippen LogP contribution in [-0.4, -0.2) is 15.3 Å². The van der Waals surface area contributed by atoms with Crippen molar-refractivity contribution >= 4 is 28.8 Å². The van der Waals surface area contributed by atoms with E-state index in [1.54, 1.807) is 12.3 Å². The summed E-state index contributed by atoms with van der Waals surface area (Å²) in [6.45, 7) is 2.07. The van der Waals surface area contributed by atoms with Gasteiger partial charge in [0.2, 0.25) is 5.91 Å². The van der Waals surface area contributed by atoms with Crippen LogP contribution >= 0.6 is 11.6 Å². The average molecular weight is 314 g/mol. The molecular formula is C17H16ClN3O. The lowest BCUT2D eigenvalue weighted by Gasteiger charge is -2.08. The number of carbonyl (C=O) groups is 1. The molecule has 0 radical (unpaired) electrons. The number of pyridine rings is 1. The monoisotopic (exact) mass is 313 g/mol. The molecule has 0 spiro atoms. The van der Waals surface area contributed by atoms with Crippen molar-refractivity contribution in [3.05, 3.63) is 65.1 Å². The fourth-order valence-electron chi connectivity index (χ4n) is 2.41. The van der Waals surface area contributed by atoms with Crippen molar-refractivity contribution in [2.24, 2.45) is 0 Å². The second-order valence-corrected chi connectivity index (χ2v) is 5.52. The third kappa shape index (κ3) is 3.12. The van der Waals surface area contributed by atoms with Gasteiger partial charge in [-0.2, -0.15) is 0 Å². The Kier molecular flexibility index (Phi) is 4.11. The number of rotatable bonds is 4. The molecule has 0 unspecified atom stereocenters. The number of fused-ring (bicyclic) bond motifs is 1. The molecule has 0 aliphatic rings. The van der Waals surface area contributed by atoms with Crippen LogP contribution in [0.2, 0.25) is 5.02 Å². The number of carbonyl (C=O) groups excluding carboxylic acids is 1. The van der Waals surface area contributed by atoms with Crippen LogP contribution in [0.5, 0.6) is 0 Å². The van der Waals surface area contributed by atoms with Gasteiger partial charge >= 0.3 is 0 Å². The van der Waals surface area contributed by atoms with Gasteiger partial charge in [-0.1, -0.05) is 36.7 Å². The minimum Gasteiger partial charge on any atom is -0.325 e. The zero-order valence-electron chi connectivity index (χ0n) is 12.2. The van der Waals surface area contributed by atoms with Crippen molar-refractivity contribution < 1.29 is 4.79 Å². The summed E-state index contributed by atoms with van der Waals surface area (Å²) in [7, 11) is 0. The molecule has 4 nitrogen and oxygen atoms in total. The van der Waals surface area contributed by atoms with E-state index in [0.29, 0.717) is 10.7 Å². The quantitative estimate of drug-likeness (QED) is 0.797. The lowest BCUT2D eigenvalue weighted by Crippen LogP contribution is -2.15. The second-order valence-electron chi connectivity index (χ2n) is 5.08. The molecule has 1 amide bonds. The largest absolute Gasteiger partial charge is 0.325 e. The Balaban J connectivity index is 1.75. The van der Waals surface area contributed by atoms with Crippen LogP contribution in [0.4, 0.5) is 5.69 Å². The molecule has 2 heterocycles. The van der Waals surface area contributed by atoms with Crippen LogP contribution in [0.15, 0.2) is 48.8 Å². The van der Waals surface area contributed by atoms with E-state index in [2.05, 4.69) is 17.2 Å². The van der Waals surface area contributed by atoms with E-state index in [0.717, 1.165) is 23.3 Å². The van der Waals surface area contributed by atoms with Crippen LogP contribution in [0.1, 0.15) is 18.2 Å². The zero-order chi connectivity index (χ0) is 15.5. The summed E-state index contributed by atoms with van der Waals surface area (Å²) in [6, 6.07) is 11.4. The summed E-state index contributed by atoms with van der Waals surface area (Å²) in [5, 5.41) is 3.59. The van der Waals surface area contributed by atoms with Crippen molar-refractivity contribution in [2.75, 3.05) is 5.32 Å². The Bertz CT molecular complexity index is 826. The standard InChI is InChI=1S/C17H16ClN3O/c1-2-12-5-3-4-6-15(12)20-17(22)9-14-11-21-10-13(18)7-8-16(21)19-14/h3-8,10-11H,2,9H2,1H3,(H,20,22). The SMILES string of the molecule is CCc1ccccc1NC(=O)Cc1cn2cc(Cl)ccc2n1. The van der Waals surface area contributed by atoms with Crippen LogP contribution in [-0.2, 0) is 17.6 Å². The third-order valence-corrected chi connectivity index (χ3v) is 3.70. The van der Waals surface area contributed by atoms with Gasteiger partial charge in [-0.05, 0) is 30.2 Å². The molecule has 0 atom stereocenters. The second kappa shape index (κ2) is 6.20. The number of imidazole rings is 1. The number of anilines is 1. The minimum absolute atomic E-state index is 0.0737. The first-order valence-corrected chi connectivity index (χ1v) is 7.54. The number of nitrogens with zero attached hydrogens (tertiary/aromatic N) is 2. The van der Waals surface area contributed by atoms with Crippen LogP contribution in [0, 0.1) is 0 Å². The molecule has 5 heteroatoms. The molecule has 0 aliphatic carbocycles. The number of halogens is 1. The van der Waals surface area contributed by atoms with Crippen LogP contribution in [0.3, 0.4) is 0 Å². The number of amides is 1. The fourth-order valence-corrected chi connectivity index (χ4v) is 2.58. The first kappa shape index (κ1) is 14.6. The van der Waals surface area contributed by atoms with E-state index < -0.39 is 0 Å². The first-order chi connectivity index (χ1) is 10.7. The average Bonchev–Trinajstić information content (AvgIpc) is 2.88. The van der Waals surface area contributed by atoms with E-state index in [9.17, 15) is 4.79 Å². The molecule has 1 aromatic carbocycles. The predicted octanol–water partition coefficient (Wildman–Crippen LogP) is 3.73. The van der Waals surface area contributed by atoms with E-state index in [-0.39, 0.29) is 12.3 Å². The molecule has 3 rings (SSSR count). The summed E-state index contributed by atoms with van der Waals surface area (Å²) >= 11 is 5.95. The van der Waals surface area contributed by atoms with Gasteiger partial charge in [-0.25, -0.2) is 4.98 Å². The van der Waals surface area contributed by atoms with Gasteiger partial charge in [0.25, 0.3) is 0 Å². The lowest BCUT2D eigenvalue weighted by molar-refractivity contribution is -0.115. The molecule has 0 fully saturated rings. The Morgan fingerprint density at radius 1 is 1.23 bits per heavy atom. The van der Waals surface area contributed by atoms with Crippen molar-refractivity contribution in [1.29, 1.82) is 0 Å². The number of aromatic nitrogens is 2. The molecular weight excluding hydrogens is 298 g/mol. The maximum atomic E-state index is 12.2.